The van der Waals surface area contributed by atoms with E-state index in [2.05, 4.69) is 23.8 Å². The molecule has 0 saturated heterocycles. The fourth-order valence-corrected chi connectivity index (χ4v) is 2.73. The number of rotatable bonds is 3. The molecular formula is C13H21N3OS. The number of nitrogens with two attached hydrogens (primary N) is 1. The van der Waals surface area contributed by atoms with E-state index >= 15 is 0 Å². The highest BCUT2D eigenvalue weighted by molar-refractivity contribution is 7.98. The lowest BCUT2D eigenvalue weighted by atomic mass is 9.80. The average Bonchev–Trinajstić information content (AvgIpc) is 2.33. The number of nitrogens with zero attached hydrogens (tertiary/aromatic N) is 2. The minimum atomic E-state index is 0.264. The molecule has 100 valence electrons. The largest absolute Gasteiger partial charge is 0.474 e. The molecule has 0 amide bonds. The highest BCUT2D eigenvalue weighted by Crippen LogP contribution is 2.31. The fourth-order valence-electron chi connectivity index (χ4n) is 2.35. The van der Waals surface area contributed by atoms with Crippen LogP contribution in [0.15, 0.2) is 11.2 Å². The van der Waals surface area contributed by atoms with Gasteiger partial charge in [0.2, 0.25) is 5.88 Å². The summed E-state index contributed by atoms with van der Waals surface area (Å²) in [6.45, 7) is 4.61. The Balaban J connectivity index is 2.03. The third kappa shape index (κ3) is 3.28. The van der Waals surface area contributed by atoms with E-state index in [9.17, 15) is 0 Å². The van der Waals surface area contributed by atoms with Crippen LogP contribution >= 0.6 is 11.8 Å². The standard InChI is InChI=1S/C13H21N3OS/c1-8-4-5-10(6-9(8)2)17-12-7-11(14)15-13(16-12)18-3/h7-10H,4-6H2,1-3H3,(H2,14,15,16). The predicted molar refractivity (Wildman–Crippen MR) is 74.8 cm³/mol. The lowest BCUT2D eigenvalue weighted by Gasteiger charge is -2.31. The number of ether oxygens (including phenoxy) is 1. The Morgan fingerprint density at radius 1 is 1.28 bits per heavy atom. The van der Waals surface area contributed by atoms with Gasteiger partial charge in [0.05, 0.1) is 0 Å². The van der Waals surface area contributed by atoms with Gasteiger partial charge < -0.3 is 10.5 Å². The molecule has 3 atom stereocenters. The van der Waals surface area contributed by atoms with Crippen LogP contribution in [0.3, 0.4) is 0 Å². The minimum absolute atomic E-state index is 0.264. The van der Waals surface area contributed by atoms with Gasteiger partial charge in [-0.25, -0.2) is 4.98 Å². The van der Waals surface area contributed by atoms with Crippen molar-refractivity contribution in [1.82, 2.24) is 9.97 Å². The summed E-state index contributed by atoms with van der Waals surface area (Å²) >= 11 is 1.48. The summed E-state index contributed by atoms with van der Waals surface area (Å²) in [6, 6.07) is 1.71. The lowest BCUT2D eigenvalue weighted by Crippen LogP contribution is -2.29. The maximum absolute atomic E-state index is 5.95. The highest BCUT2D eigenvalue weighted by atomic mass is 32.2. The zero-order chi connectivity index (χ0) is 13.1. The number of aromatic nitrogens is 2. The van der Waals surface area contributed by atoms with E-state index in [-0.39, 0.29) is 6.10 Å². The molecule has 1 aromatic heterocycles. The number of hydrogen-bond acceptors (Lipinski definition) is 5. The van der Waals surface area contributed by atoms with Crippen LogP contribution in [-0.4, -0.2) is 22.3 Å². The smallest absolute Gasteiger partial charge is 0.219 e. The van der Waals surface area contributed by atoms with Crippen LogP contribution in [0.25, 0.3) is 0 Å². The average molecular weight is 267 g/mol. The van der Waals surface area contributed by atoms with Gasteiger partial charge in [-0.15, -0.1) is 0 Å². The van der Waals surface area contributed by atoms with E-state index in [0.717, 1.165) is 18.8 Å². The molecular weight excluding hydrogens is 246 g/mol. The summed E-state index contributed by atoms with van der Waals surface area (Å²) in [5.41, 5.74) is 5.75. The van der Waals surface area contributed by atoms with Crippen LogP contribution in [-0.2, 0) is 0 Å². The molecule has 0 aromatic carbocycles. The van der Waals surface area contributed by atoms with Gasteiger partial charge >= 0.3 is 0 Å². The first kappa shape index (κ1) is 13.5. The molecule has 0 aliphatic heterocycles. The molecule has 1 aromatic rings. The van der Waals surface area contributed by atoms with E-state index in [1.165, 1.54) is 18.2 Å². The Morgan fingerprint density at radius 3 is 2.72 bits per heavy atom. The molecule has 3 unspecified atom stereocenters. The molecule has 1 fully saturated rings. The van der Waals surface area contributed by atoms with Gasteiger partial charge in [-0.1, -0.05) is 25.6 Å². The summed E-state index contributed by atoms with van der Waals surface area (Å²) in [7, 11) is 0. The minimum Gasteiger partial charge on any atom is -0.474 e. The molecule has 2 rings (SSSR count). The number of anilines is 1. The van der Waals surface area contributed by atoms with E-state index in [1.54, 1.807) is 6.07 Å². The van der Waals surface area contributed by atoms with E-state index in [4.69, 9.17) is 10.5 Å². The molecule has 18 heavy (non-hydrogen) atoms. The molecule has 0 bridgehead atoms. The van der Waals surface area contributed by atoms with Gasteiger partial charge in [-0.05, 0) is 37.4 Å². The van der Waals surface area contributed by atoms with Crippen LogP contribution in [0.4, 0.5) is 5.82 Å². The van der Waals surface area contributed by atoms with Gasteiger partial charge in [0, 0.05) is 6.07 Å². The van der Waals surface area contributed by atoms with Gasteiger partial charge in [0.15, 0.2) is 5.16 Å². The molecule has 1 heterocycles. The first-order chi connectivity index (χ1) is 8.58. The first-order valence-corrected chi connectivity index (χ1v) is 7.66. The maximum atomic E-state index is 5.95. The van der Waals surface area contributed by atoms with E-state index in [0.29, 0.717) is 22.8 Å². The van der Waals surface area contributed by atoms with Gasteiger partial charge in [0.1, 0.15) is 11.9 Å². The second-order valence-electron chi connectivity index (χ2n) is 5.13. The molecule has 1 aliphatic rings. The molecule has 1 aliphatic carbocycles. The molecule has 0 radical (unpaired) electrons. The van der Waals surface area contributed by atoms with E-state index in [1.807, 2.05) is 6.26 Å². The Hall–Kier alpha value is -0.970. The lowest BCUT2D eigenvalue weighted by molar-refractivity contribution is 0.0957. The van der Waals surface area contributed by atoms with Crippen molar-refractivity contribution in [2.24, 2.45) is 11.8 Å². The molecule has 2 N–H and O–H groups in total. The number of hydrogen-bond donors (Lipinski definition) is 1. The van der Waals surface area contributed by atoms with Crippen LogP contribution < -0.4 is 10.5 Å². The molecule has 0 spiro atoms. The second kappa shape index (κ2) is 5.78. The van der Waals surface area contributed by atoms with Crippen LogP contribution in [0.1, 0.15) is 33.1 Å². The Morgan fingerprint density at radius 2 is 2.06 bits per heavy atom. The zero-order valence-corrected chi connectivity index (χ0v) is 12.0. The summed E-state index contributed by atoms with van der Waals surface area (Å²) in [5, 5.41) is 0.669. The van der Waals surface area contributed by atoms with E-state index < -0.39 is 0 Å². The predicted octanol–water partition coefficient (Wildman–Crippen LogP) is 2.98. The number of thioether (sulfide) groups is 1. The van der Waals surface area contributed by atoms with Crippen molar-refractivity contribution in [2.45, 2.75) is 44.4 Å². The number of nitrogen functional groups attached to an aromatic ring is 1. The van der Waals surface area contributed by atoms with Crippen LogP contribution in [0.5, 0.6) is 5.88 Å². The van der Waals surface area contributed by atoms with Crippen LogP contribution in [0.2, 0.25) is 0 Å². The summed E-state index contributed by atoms with van der Waals surface area (Å²) in [5.74, 6) is 2.59. The SMILES string of the molecule is CSc1nc(N)cc(OC2CCC(C)C(C)C2)n1. The quantitative estimate of drug-likeness (QED) is 0.674. The third-order valence-corrected chi connectivity index (χ3v) is 4.27. The normalized spacial score (nSPS) is 28.1. The zero-order valence-electron chi connectivity index (χ0n) is 11.2. The summed E-state index contributed by atoms with van der Waals surface area (Å²) < 4.78 is 5.95. The van der Waals surface area contributed by atoms with Crippen LogP contribution in [0, 0.1) is 11.8 Å². The van der Waals surface area contributed by atoms with Crippen molar-refractivity contribution in [3.05, 3.63) is 6.07 Å². The highest BCUT2D eigenvalue weighted by Gasteiger charge is 2.26. The van der Waals surface area contributed by atoms with Gasteiger partial charge in [0.25, 0.3) is 0 Å². The van der Waals surface area contributed by atoms with Crippen molar-refractivity contribution >= 4 is 17.6 Å². The Labute approximate surface area is 113 Å². The Bertz CT molecular complexity index is 413. The Kier molecular flexibility index (Phi) is 4.32. The summed E-state index contributed by atoms with van der Waals surface area (Å²) in [4.78, 5) is 8.46. The van der Waals surface area contributed by atoms with Crippen molar-refractivity contribution in [2.75, 3.05) is 12.0 Å². The van der Waals surface area contributed by atoms with Crippen molar-refractivity contribution in [1.29, 1.82) is 0 Å². The third-order valence-electron chi connectivity index (χ3n) is 3.72. The fraction of sp³-hybridized carbons (Fsp3) is 0.692. The monoisotopic (exact) mass is 267 g/mol. The van der Waals surface area contributed by atoms with Gasteiger partial charge in [-0.3, -0.25) is 0 Å². The molecule has 4 nitrogen and oxygen atoms in total. The topological polar surface area (TPSA) is 61.0 Å². The molecule has 5 heteroatoms. The van der Waals surface area contributed by atoms with Gasteiger partial charge in [-0.2, -0.15) is 4.98 Å². The second-order valence-corrected chi connectivity index (χ2v) is 5.90. The van der Waals surface area contributed by atoms with Crippen molar-refractivity contribution < 1.29 is 4.74 Å². The molecule has 1 saturated carbocycles. The summed E-state index contributed by atoms with van der Waals surface area (Å²) in [6.07, 6.45) is 5.62. The maximum Gasteiger partial charge on any atom is 0.219 e. The first-order valence-electron chi connectivity index (χ1n) is 6.43. The van der Waals surface area contributed by atoms with Crippen molar-refractivity contribution in [3.8, 4) is 5.88 Å². The van der Waals surface area contributed by atoms with Crippen molar-refractivity contribution in [3.63, 3.8) is 0 Å².